The van der Waals surface area contributed by atoms with Gasteiger partial charge in [0.25, 0.3) is 5.91 Å². The van der Waals surface area contributed by atoms with E-state index in [1.807, 2.05) is 31.0 Å². The molecular weight excluding hydrogens is 404 g/mol. The summed E-state index contributed by atoms with van der Waals surface area (Å²) in [6.07, 6.45) is 5.78. The van der Waals surface area contributed by atoms with E-state index in [4.69, 9.17) is 4.98 Å². The zero-order valence-corrected chi connectivity index (χ0v) is 18.9. The molecule has 6 rings (SSSR count). The van der Waals surface area contributed by atoms with Crippen LogP contribution in [0.2, 0.25) is 0 Å². The van der Waals surface area contributed by atoms with Gasteiger partial charge < -0.3 is 10.2 Å². The molecule has 2 aromatic heterocycles. The summed E-state index contributed by atoms with van der Waals surface area (Å²) in [6, 6.07) is 12.0. The molecule has 3 fully saturated rings. The number of carbonyl (C=O) groups excluding carboxylic acids is 1. The molecule has 31 heavy (non-hydrogen) atoms. The summed E-state index contributed by atoms with van der Waals surface area (Å²) in [5, 5.41) is 6.97. The van der Waals surface area contributed by atoms with Crippen molar-refractivity contribution < 1.29 is 4.79 Å². The van der Waals surface area contributed by atoms with Crippen molar-refractivity contribution in [3.63, 3.8) is 0 Å². The van der Waals surface area contributed by atoms with Gasteiger partial charge in [-0.2, -0.15) is 0 Å². The number of aromatic nitrogens is 2. The number of thiophene rings is 1. The van der Waals surface area contributed by atoms with Gasteiger partial charge in [-0.15, -0.1) is 11.3 Å². The Hall–Kier alpha value is -2.31. The minimum atomic E-state index is 0.150. The van der Waals surface area contributed by atoms with Crippen LogP contribution in [-0.4, -0.2) is 45.9 Å². The molecule has 0 radical (unpaired) electrons. The third-order valence-corrected chi connectivity index (χ3v) is 8.32. The first kappa shape index (κ1) is 19.4. The molecule has 2 bridgehead atoms. The van der Waals surface area contributed by atoms with E-state index in [0.717, 1.165) is 35.5 Å². The second kappa shape index (κ2) is 7.38. The fourth-order valence-corrected chi connectivity index (χ4v) is 6.54. The van der Waals surface area contributed by atoms with E-state index in [9.17, 15) is 4.79 Å². The van der Waals surface area contributed by atoms with Crippen LogP contribution in [0.15, 0.2) is 35.7 Å². The number of benzene rings is 1. The standard InChI is InChI=1S/C25H28N4OS/c1-14-26-23(20-9-10-31-24(20)27-14)22-13-21(22)15-3-5-16(6-4-15)25(30)29(2)19-11-17-7-8-18(12-19)28-17/h3-6,9-10,17-19,21-22,28H,7-8,11-13H2,1-2H3. The van der Waals surface area contributed by atoms with Gasteiger partial charge in [0.2, 0.25) is 0 Å². The number of nitrogens with zero attached hydrogens (tertiary/aromatic N) is 3. The first-order valence-corrected chi connectivity index (χ1v) is 12.3. The van der Waals surface area contributed by atoms with E-state index in [2.05, 4.69) is 33.9 Å². The topological polar surface area (TPSA) is 58.1 Å². The lowest BCUT2D eigenvalue weighted by atomic mass is 9.97. The lowest BCUT2D eigenvalue weighted by Crippen LogP contribution is -2.48. The molecule has 1 amide bonds. The Morgan fingerprint density at radius 1 is 1.03 bits per heavy atom. The number of piperidine rings is 1. The zero-order chi connectivity index (χ0) is 21.1. The van der Waals surface area contributed by atoms with Crippen LogP contribution >= 0.6 is 11.3 Å². The molecule has 1 aliphatic carbocycles. The number of hydrogen-bond acceptors (Lipinski definition) is 5. The van der Waals surface area contributed by atoms with Crippen LogP contribution in [0.5, 0.6) is 0 Å². The van der Waals surface area contributed by atoms with Crippen molar-refractivity contribution in [3.05, 3.63) is 58.4 Å². The molecule has 160 valence electrons. The third-order valence-electron chi connectivity index (χ3n) is 7.51. The second-order valence-electron chi connectivity index (χ2n) is 9.55. The molecule has 1 saturated carbocycles. The van der Waals surface area contributed by atoms with Crippen LogP contribution < -0.4 is 5.32 Å². The maximum atomic E-state index is 13.1. The molecule has 2 aliphatic heterocycles. The van der Waals surface area contributed by atoms with Crippen molar-refractivity contribution in [1.82, 2.24) is 20.2 Å². The average molecular weight is 433 g/mol. The van der Waals surface area contributed by atoms with Gasteiger partial charge in [-0.1, -0.05) is 12.1 Å². The van der Waals surface area contributed by atoms with Crippen LogP contribution in [-0.2, 0) is 0 Å². The van der Waals surface area contributed by atoms with Gasteiger partial charge in [0, 0.05) is 42.0 Å². The summed E-state index contributed by atoms with van der Waals surface area (Å²) in [6.45, 7) is 1.98. The molecule has 0 spiro atoms. The van der Waals surface area contributed by atoms with E-state index < -0.39 is 0 Å². The van der Waals surface area contributed by atoms with Gasteiger partial charge in [0.1, 0.15) is 10.7 Å². The van der Waals surface area contributed by atoms with Gasteiger partial charge in [-0.05, 0) is 74.1 Å². The van der Waals surface area contributed by atoms with Crippen molar-refractivity contribution >= 4 is 27.5 Å². The lowest BCUT2D eigenvalue weighted by Gasteiger charge is -2.35. The Balaban J connectivity index is 1.16. The minimum Gasteiger partial charge on any atom is -0.339 e. The third kappa shape index (κ3) is 3.46. The first-order valence-electron chi connectivity index (χ1n) is 11.4. The largest absolute Gasteiger partial charge is 0.339 e. The molecule has 3 aliphatic rings. The Kier molecular flexibility index (Phi) is 4.62. The fraction of sp³-hybridized carbons (Fsp3) is 0.480. The van der Waals surface area contributed by atoms with Crippen molar-refractivity contribution in [1.29, 1.82) is 0 Å². The summed E-state index contributed by atoms with van der Waals surface area (Å²) >= 11 is 1.68. The lowest BCUT2D eigenvalue weighted by molar-refractivity contribution is 0.0681. The summed E-state index contributed by atoms with van der Waals surface area (Å²) in [7, 11) is 1.98. The van der Waals surface area contributed by atoms with Crippen molar-refractivity contribution in [3.8, 4) is 0 Å². The molecule has 3 aromatic rings. The van der Waals surface area contributed by atoms with E-state index in [0.29, 0.717) is 30.0 Å². The Labute approximate surface area is 186 Å². The van der Waals surface area contributed by atoms with E-state index in [-0.39, 0.29) is 5.91 Å². The molecule has 6 heteroatoms. The quantitative estimate of drug-likeness (QED) is 0.653. The van der Waals surface area contributed by atoms with Gasteiger partial charge in [0.15, 0.2) is 0 Å². The zero-order valence-electron chi connectivity index (χ0n) is 18.0. The summed E-state index contributed by atoms with van der Waals surface area (Å²) in [4.78, 5) is 25.5. The number of nitrogens with one attached hydrogen (secondary N) is 1. The van der Waals surface area contributed by atoms with Gasteiger partial charge in [-0.25, -0.2) is 9.97 Å². The highest BCUT2D eigenvalue weighted by Crippen LogP contribution is 2.55. The second-order valence-corrected chi connectivity index (χ2v) is 10.4. The molecule has 1 N–H and O–H groups in total. The Morgan fingerprint density at radius 2 is 1.77 bits per heavy atom. The van der Waals surface area contributed by atoms with E-state index >= 15 is 0 Å². The molecular formula is C25H28N4OS. The predicted molar refractivity (Wildman–Crippen MR) is 124 cm³/mol. The number of aryl methyl sites for hydroxylation is 1. The molecule has 5 nitrogen and oxygen atoms in total. The van der Waals surface area contributed by atoms with Crippen LogP contribution in [0.4, 0.5) is 0 Å². The predicted octanol–water partition coefficient (Wildman–Crippen LogP) is 4.63. The van der Waals surface area contributed by atoms with Crippen LogP contribution in [0.25, 0.3) is 10.2 Å². The molecule has 1 aromatic carbocycles. The molecule has 4 unspecified atom stereocenters. The Morgan fingerprint density at radius 3 is 2.52 bits per heavy atom. The molecule has 2 saturated heterocycles. The van der Waals surface area contributed by atoms with E-state index in [1.165, 1.54) is 29.5 Å². The average Bonchev–Trinajstić information content (AvgIpc) is 3.32. The highest BCUT2D eigenvalue weighted by Gasteiger charge is 2.42. The van der Waals surface area contributed by atoms with Gasteiger partial charge in [-0.3, -0.25) is 4.79 Å². The Bertz CT molecular complexity index is 1130. The smallest absolute Gasteiger partial charge is 0.253 e. The number of amides is 1. The number of rotatable bonds is 4. The van der Waals surface area contributed by atoms with Crippen LogP contribution in [0, 0.1) is 6.92 Å². The van der Waals surface area contributed by atoms with Crippen molar-refractivity contribution in [2.45, 2.75) is 69.0 Å². The number of hydrogen-bond donors (Lipinski definition) is 1. The summed E-state index contributed by atoms with van der Waals surface area (Å²) in [5.41, 5.74) is 3.30. The SMILES string of the molecule is Cc1nc(C2CC2c2ccc(C(=O)N(C)C3CC4CCC(C3)N4)cc2)c2ccsc2n1. The number of fused-ring (bicyclic) bond motifs is 3. The van der Waals surface area contributed by atoms with Gasteiger partial charge in [0.05, 0.1) is 5.69 Å². The minimum absolute atomic E-state index is 0.150. The van der Waals surface area contributed by atoms with Crippen molar-refractivity contribution in [2.24, 2.45) is 0 Å². The van der Waals surface area contributed by atoms with Crippen molar-refractivity contribution in [2.75, 3.05) is 7.05 Å². The van der Waals surface area contributed by atoms with Crippen LogP contribution in [0.3, 0.4) is 0 Å². The number of carbonyl (C=O) groups is 1. The maximum absolute atomic E-state index is 13.1. The summed E-state index contributed by atoms with van der Waals surface area (Å²) < 4.78 is 0. The fourth-order valence-electron chi connectivity index (χ4n) is 5.72. The first-order chi connectivity index (χ1) is 15.1. The highest BCUT2D eigenvalue weighted by atomic mass is 32.1. The highest BCUT2D eigenvalue weighted by molar-refractivity contribution is 7.16. The normalized spacial score (nSPS) is 29.3. The van der Waals surface area contributed by atoms with Crippen LogP contribution in [0.1, 0.15) is 71.4 Å². The molecule has 4 atom stereocenters. The van der Waals surface area contributed by atoms with Gasteiger partial charge >= 0.3 is 0 Å². The van der Waals surface area contributed by atoms with E-state index in [1.54, 1.807) is 11.3 Å². The maximum Gasteiger partial charge on any atom is 0.253 e. The summed E-state index contributed by atoms with van der Waals surface area (Å²) in [5.74, 6) is 1.94. The molecule has 4 heterocycles. The monoisotopic (exact) mass is 432 g/mol.